The number of piperazine rings is 1. The van der Waals surface area contributed by atoms with Gasteiger partial charge in [-0.1, -0.05) is 5.16 Å². The molecule has 1 fully saturated rings. The van der Waals surface area contributed by atoms with E-state index in [1.807, 2.05) is 29.0 Å². The number of carbonyl (C=O) groups excluding carboxylic acids is 1. The van der Waals surface area contributed by atoms with Crippen LogP contribution in [0.4, 0.5) is 10.1 Å². The van der Waals surface area contributed by atoms with Gasteiger partial charge in [0.2, 0.25) is 0 Å². The molecule has 2 aliphatic rings. The van der Waals surface area contributed by atoms with Crippen LogP contribution in [-0.2, 0) is 6.54 Å². The minimum Gasteiger partial charge on any atom is -0.411 e. The Labute approximate surface area is 182 Å². The van der Waals surface area contributed by atoms with Gasteiger partial charge >= 0.3 is 0 Å². The number of rotatable bonds is 6. The second-order valence-corrected chi connectivity index (χ2v) is 8.31. The van der Waals surface area contributed by atoms with Crippen molar-refractivity contribution in [1.29, 1.82) is 0 Å². The molecule has 1 N–H and O–H groups in total. The first-order valence-corrected chi connectivity index (χ1v) is 11.0. The molecule has 31 heavy (non-hydrogen) atoms. The largest absolute Gasteiger partial charge is 0.411 e. The molecule has 0 radical (unpaired) electrons. The fraction of sp³-hybridized carbons (Fsp3) is 0.478. The number of oxime groups is 1. The molecule has 8 heteroatoms. The predicted molar refractivity (Wildman–Crippen MR) is 119 cm³/mol. The summed E-state index contributed by atoms with van der Waals surface area (Å²) in [6, 6.07) is 8.60. The fourth-order valence-electron chi connectivity index (χ4n) is 4.42. The molecular formula is C23H30FN5O2. The van der Waals surface area contributed by atoms with Gasteiger partial charge in [0.1, 0.15) is 11.5 Å². The molecule has 0 unspecified atom stereocenters. The molecule has 1 aromatic heterocycles. The van der Waals surface area contributed by atoms with Crippen molar-refractivity contribution >= 4 is 17.3 Å². The quantitative estimate of drug-likeness (QED) is 0.437. The summed E-state index contributed by atoms with van der Waals surface area (Å²) in [7, 11) is 1.79. The van der Waals surface area contributed by atoms with E-state index in [2.05, 4.69) is 15.0 Å². The number of hydrogen-bond donors (Lipinski definition) is 1. The number of amides is 1. The lowest BCUT2D eigenvalue weighted by Crippen LogP contribution is -2.46. The molecule has 0 spiro atoms. The Morgan fingerprint density at radius 1 is 1.00 bits per heavy atom. The Kier molecular flexibility index (Phi) is 6.56. The summed E-state index contributed by atoms with van der Waals surface area (Å²) < 4.78 is 15.1. The van der Waals surface area contributed by atoms with E-state index in [9.17, 15) is 14.4 Å². The van der Waals surface area contributed by atoms with Crippen LogP contribution in [0.3, 0.4) is 0 Å². The van der Waals surface area contributed by atoms with Crippen LogP contribution in [0.1, 0.15) is 35.3 Å². The van der Waals surface area contributed by atoms with Gasteiger partial charge in [-0.05, 0) is 49.7 Å². The van der Waals surface area contributed by atoms with Gasteiger partial charge in [0, 0.05) is 70.2 Å². The van der Waals surface area contributed by atoms with E-state index in [0.717, 1.165) is 63.4 Å². The number of unbranched alkanes of at least 4 members (excludes halogenated alkanes) is 1. The van der Waals surface area contributed by atoms with Gasteiger partial charge in [0.05, 0.1) is 5.71 Å². The first-order valence-electron chi connectivity index (χ1n) is 11.0. The first kappa shape index (κ1) is 21.4. The second kappa shape index (κ2) is 9.51. The highest BCUT2D eigenvalue weighted by molar-refractivity contribution is 6.11. The van der Waals surface area contributed by atoms with Crippen LogP contribution in [0.15, 0.2) is 41.7 Å². The molecular weight excluding hydrogens is 397 g/mol. The van der Waals surface area contributed by atoms with Gasteiger partial charge in [0.25, 0.3) is 5.91 Å². The third kappa shape index (κ3) is 4.74. The van der Waals surface area contributed by atoms with Gasteiger partial charge in [0.15, 0.2) is 0 Å². The lowest BCUT2D eigenvalue weighted by atomic mass is 10.1. The Morgan fingerprint density at radius 2 is 1.71 bits per heavy atom. The van der Waals surface area contributed by atoms with E-state index in [1.165, 1.54) is 12.1 Å². The zero-order valence-corrected chi connectivity index (χ0v) is 18.0. The summed E-state index contributed by atoms with van der Waals surface area (Å²) in [5, 5.41) is 12.7. The summed E-state index contributed by atoms with van der Waals surface area (Å²) in [4.78, 5) is 19.2. The van der Waals surface area contributed by atoms with Crippen molar-refractivity contribution in [2.45, 2.75) is 25.8 Å². The van der Waals surface area contributed by atoms with E-state index in [4.69, 9.17) is 0 Å². The number of aromatic nitrogens is 1. The molecule has 1 amide bonds. The van der Waals surface area contributed by atoms with Crippen LogP contribution in [0, 0.1) is 5.82 Å². The third-order valence-electron chi connectivity index (χ3n) is 6.32. The zero-order chi connectivity index (χ0) is 21.8. The van der Waals surface area contributed by atoms with Crippen molar-refractivity contribution in [3.8, 4) is 0 Å². The summed E-state index contributed by atoms with van der Waals surface area (Å²) in [5.74, 6) is -0.217. The van der Waals surface area contributed by atoms with Crippen LogP contribution in [-0.4, -0.2) is 77.5 Å². The molecule has 4 rings (SSSR count). The van der Waals surface area contributed by atoms with Gasteiger partial charge in [-0.25, -0.2) is 4.39 Å². The predicted octanol–water partition coefficient (Wildman–Crippen LogP) is 2.88. The Bertz CT molecular complexity index is 932. The molecule has 0 aliphatic carbocycles. The number of anilines is 1. The number of fused-ring (bicyclic) bond motifs is 1. The third-order valence-corrected chi connectivity index (χ3v) is 6.32. The van der Waals surface area contributed by atoms with Crippen LogP contribution in [0.25, 0.3) is 0 Å². The number of nitrogens with zero attached hydrogens (tertiary/aromatic N) is 5. The second-order valence-electron chi connectivity index (χ2n) is 8.31. The van der Waals surface area contributed by atoms with Crippen molar-refractivity contribution in [1.82, 2.24) is 14.4 Å². The van der Waals surface area contributed by atoms with Crippen molar-refractivity contribution in [2.24, 2.45) is 5.16 Å². The maximum Gasteiger partial charge on any atom is 0.270 e. The molecule has 2 aliphatic heterocycles. The summed E-state index contributed by atoms with van der Waals surface area (Å²) in [6.07, 6.45) is 4.50. The van der Waals surface area contributed by atoms with E-state index in [1.54, 1.807) is 11.9 Å². The van der Waals surface area contributed by atoms with Gasteiger partial charge in [-0.15, -0.1) is 0 Å². The van der Waals surface area contributed by atoms with Crippen molar-refractivity contribution in [2.75, 3.05) is 51.2 Å². The molecule has 166 valence electrons. The summed E-state index contributed by atoms with van der Waals surface area (Å²) in [5.41, 5.74) is 3.02. The van der Waals surface area contributed by atoms with Gasteiger partial charge in [-0.2, -0.15) is 0 Å². The molecule has 1 aromatic carbocycles. The van der Waals surface area contributed by atoms with E-state index in [-0.39, 0.29) is 11.7 Å². The highest BCUT2D eigenvalue weighted by Gasteiger charge is 2.27. The fourth-order valence-corrected chi connectivity index (χ4v) is 4.42. The average Bonchev–Trinajstić information content (AvgIpc) is 3.16. The average molecular weight is 428 g/mol. The molecule has 0 bridgehead atoms. The van der Waals surface area contributed by atoms with Gasteiger partial charge in [-0.3, -0.25) is 9.69 Å². The smallest absolute Gasteiger partial charge is 0.270 e. The highest BCUT2D eigenvalue weighted by Crippen LogP contribution is 2.21. The lowest BCUT2D eigenvalue weighted by molar-refractivity contribution is 0.0791. The Hall–Kier alpha value is -2.87. The number of benzene rings is 1. The molecule has 2 aromatic rings. The Balaban J connectivity index is 1.26. The minimum absolute atomic E-state index is 0.0180. The van der Waals surface area contributed by atoms with Crippen LogP contribution in [0.2, 0.25) is 0 Å². The highest BCUT2D eigenvalue weighted by atomic mass is 19.1. The summed E-state index contributed by atoms with van der Waals surface area (Å²) >= 11 is 0. The van der Waals surface area contributed by atoms with Gasteiger partial charge < -0.3 is 19.6 Å². The summed E-state index contributed by atoms with van der Waals surface area (Å²) in [6.45, 7) is 6.23. The van der Waals surface area contributed by atoms with Crippen LogP contribution in [0.5, 0.6) is 0 Å². The molecule has 0 atom stereocenters. The topological polar surface area (TPSA) is 64.3 Å². The maximum absolute atomic E-state index is 13.1. The van der Waals surface area contributed by atoms with Crippen molar-refractivity contribution < 1.29 is 14.4 Å². The maximum atomic E-state index is 13.1. The standard InChI is InChI=1S/C23H30FN5O2/c1-26-12-9-21(25-31)20-8-13-29(22(20)23(26)30)11-3-2-10-27-14-16-28(17-15-27)19-6-4-18(24)5-7-19/h4-8,13,31H,2-3,9-12,14-17H2,1H3/b25-21-. The molecule has 3 heterocycles. The molecule has 1 saturated heterocycles. The van der Waals surface area contributed by atoms with E-state index < -0.39 is 0 Å². The SMILES string of the molecule is CN1CC/C(=N/O)c2ccn(CCCCN3CCN(c4ccc(F)cc4)CC3)c2C1=O. The monoisotopic (exact) mass is 427 g/mol. The lowest BCUT2D eigenvalue weighted by Gasteiger charge is -2.36. The van der Waals surface area contributed by atoms with Crippen LogP contribution >= 0.6 is 0 Å². The number of aryl methyl sites for hydroxylation is 1. The number of hydrogen-bond acceptors (Lipinski definition) is 5. The van der Waals surface area contributed by atoms with Crippen LogP contribution < -0.4 is 4.90 Å². The van der Waals surface area contributed by atoms with Crippen molar-refractivity contribution in [3.63, 3.8) is 0 Å². The number of carbonyl (C=O) groups is 1. The normalized spacial score (nSPS) is 19.0. The molecule has 7 nitrogen and oxygen atoms in total. The Morgan fingerprint density at radius 3 is 2.42 bits per heavy atom. The zero-order valence-electron chi connectivity index (χ0n) is 18.0. The minimum atomic E-state index is -0.199. The van der Waals surface area contributed by atoms with E-state index >= 15 is 0 Å². The van der Waals surface area contributed by atoms with Crippen molar-refractivity contribution in [3.05, 3.63) is 53.6 Å². The first-order chi connectivity index (χ1) is 15.1. The number of halogens is 1. The molecule has 0 saturated carbocycles. The van der Waals surface area contributed by atoms with E-state index in [0.29, 0.717) is 24.4 Å².